The minimum Gasteiger partial charge on any atom is -0.392 e. The first kappa shape index (κ1) is 16.4. The van der Waals surface area contributed by atoms with Crippen molar-refractivity contribution in [3.63, 3.8) is 0 Å². The second-order valence-electron chi connectivity index (χ2n) is 5.22. The zero-order valence-electron chi connectivity index (χ0n) is 12.5. The van der Waals surface area contributed by atoms with Crippen LogP contribution in [0.1, 0.15) is 45.6 Å². The summed E-state index contributed by atoms with van der Waals surface area (Å²) >= 11 is 0. The third-order valence-corrected chi connectivity index (χ3v) is 3.38. The Morgan fingerprint density at radius 2 is 2.05 bits per heavy atom. The Morgan fingerprint density at radius 1 is 1.35 bits per heavy atom. The van der Waals surface area contributed by atoms with Gasteiger partial charge in [-0.15, -0.1) is 0 Å². The van der Waals surface area contributed by atoms with E-state index in [1.165, 1.54) is 12.1 Å². The van der Waals surface area contributed by atoms with Crippen molar-refractivity contribution in [3.05, 3.63) is 33.9 Å². The maximum atomic E-state index is 10.8. The maximum Gasteiger partial charge on any atom is 0.269 e. The van der Waals surface area contributed by atoms with Crippen LogP contribution in [-0.4, -0.2) is 22.6 Å². The lowest BCUT2D eigenvalue weighted by Crippen LogP contribution is -2.32. The van der Waals surface area contributed by atoms with Crippen LogP contribution in [0, 0.1) is 10.1 Å². The standard InChI is InChI=1S/C15H24N2O3/c1-4-5-6-9-16(12(2)3)15-8-7-14(17(19)20)10-13(15)11-18/h7-8,10,12,18H,4-6,9,11H2,1-3H3. The Bertz CT molecular complexity index is 447. The number of nitrogens with zero attached hydrogens (tertiary/aromatic N) is 2. The molecule has 0 aliphatic carbocycles. The highest BCUT2D eigenvalue weighted by Crippen LogP contribution is 2.27. The molecule has 0 radical (unpaired) electrons. The van der Waals surface area contributed by atoms with E-state index in [1.54, 1.807) is 6.07 Å². The molecule has 5 heteroatoms. The predicted molar refractivity (Wildman–Crippen MR) is 81.0 cm³/mol. The summed E-state index contributed by atoms with van der Waals surface area (Å²) in [6.07, 6.45) is 3.39. The number of non-ortho nitro benzene ring substituents is 1. The summed E-state index contributed by atoms with van der Waals surface area (Å²) in [5, 5.41) is 20.3. The van der Waals surface area contributed by atoms with Crippen molar-refractivity contribution in [2.45, 2.75) is 52.7 Å². The van der Waals surface area contributed by atoms with Gasteiger partial charge in [-0.3, -0.25) is 10.1 Å². The van der Waals surface area contributed by atoms with Gasteiger partial charge >= 0.3 is 0 Å². The number of benzene rings is 1. The minimum absolute atomic E-state index is 0.0232. The van der Waals surface area contributed by atoms with E-state index in [0.29, 0.717) is 11.6 Å². The first-order chi connectivity index (χ1) is 9.51. The van der Waals surface area contributed by atoms with Crippen LogP contribution in [0.2, 0.25) is 0 Å². The zero-order chi connectivity index (χ0) is 15.1. The molecule has 5 nitrogen and oxygen atoms in total. The fourth-order valence-corrected chi connectivity index (χ4v) is 2.28. The number of unbranched alkanes of at least 4 members (excludes halogenated alkanes) is 2. The minimum atomic E-state index is -0.431. The molecule has 0 aliphatic rings. The summed E-state index contributed by atoms with van der Waals surface area (Å²) in [4.78, 5) is 12.6. The molecular weight excluding hydrogens is 256 g/mol. The number of nitro groups is 1. The third-order valence-electron chi connectivity index (χ3n) is 3.38. The fourth-order valence-electron chi connectivity index (χ4n) is 2.28. The normalized spacial score (nSPS) is 10.8. The van der Waals surface area contributed by atoms with Crippen LogP contribution in [0.15, 0.2) is 18.2 Å². The van der Waals surface area contributed by atoms with Crippen LogP contribution < -0.4 is 4.90 Å². The molecule has 1 N–H and O–H groups in total. The molecule has 112 valence electrons. The van der Waals surface area contributed by atoms with Crippen molar-refractivity contribution in [1.29, 1.82) is 0 Å². The van der Waals surface area contributed by atoms with Crippen LogP contribution in [0.5, 0.6) is 0 Å². The molecule has 0 atom stereocenters. The third kappa shape index (κ3) is 4.20. The Kier molecular flexibility index (Phi) is 6.45. The van der Waals surface area contributed by atoms with E-state index in [9.17, 15) is 15.2 Å². The molecule has 0 saturated carbocycles. The van der Waals surface area contributed by atoms with Gasteiger partial charge in [0.05, 0.1) is 11.5 Å². The highest BCUT2D eigenvalue weighted by molar-refractivity contribution is 5.58. The largest absolute Gasteiger partial charge is 0.392 e. The number of anilines is 1. The molecule has 0 heterocycles. The molecule has 20 heavy (non-hydrogen) atoms. The van der Waals surface area contributed by atoms with Crippen molar-refractivity contribution in [3.8, 4) is 0 Å². The number of hydrogen-bond acceptors (Lipinski definition) is 4. The molecule has 0 bridgehead atoms. The van der Waals surface area contributed by atoms with Gasteiger partial charge in [0, 0.05) is 36.0 Å². The molecule has 1 aromatic rings. The van der Waals surface area contributed by atoms with E-state index in [-0.39, 0.29) is 12.3 Å². The number of rotatable bonds is 8. The molecule has 0 aliphatic heterocycles. The number of aliphatic hydroxyl groups excluding tert-OH is 1. The Balaban J connectivity index is 3.03. The molecule has 0 unspecified atom stereocenters. The first-order valence-electron chi connectivity index (χ1n) is 7.16. The Labute approximate surface area is 120 Å². The van der Waals surface area contributed by atoms with Gasteiger partial charge in [-0.1, -0.05) is 19.8 Å². The van der Waals surface area contributed by atoms with Crippen molar-refractivity contribution in [2.75, 3.05) is 11.4 Å². The molecule has 1 aromatic carbocycles. The van der Waals surface area contributed by atoms with E-state index in [2.05, 4.69) is 25.7 Å². The highest BCUT2D eigenvalue weighted by Gasteiger charge is 2.17. The molecule has 1 rings (SSSR count). The highest BCUT2D eigenvalue weighted by atomic mass is 16.6. The summed E-state index contributed by atoms with van der Waals surface area (Å²) in [5.41, 5.74) is 1.53. The van der Waals surface area contributed by atoms with Gasteiger partial charge in [-0.05, 0) is 26.3 Å². The monoisotopic (exact) mass is 280 g/mol. The summed E-state index contributed by atoms with van der Waals surface area (Å²) in [6, 6.07) is 5.00. The molecule has 0 spiro atoms. The number of nitro benzene ring substituents is 1. The lowest BCUT2D eigenvalue weighted by molar-refractivity contribution is -0.384. The topological polar surface area (TPSA) is 66.6 Å². The SMILES string of the molecule is CCCCCN(c1ccc([N+](=O)[O-])cc1CO)C(C)C. The Morgan fingerprint density at radius 3 is 2.55 bits per heavy atom. The first-order valence-corrected chi connectivity index (χ1v) is 7.16. The second-order valence-corrected chi connectivity index (χ2v) is 5.22. The lowest BCUT2D eigenvalue weighted by Gasteiger charge is -2.30. The van der Waals surface area contributed by atoms with Gasteiger partial charge in [0.15, 0.2) is 0 Å². The summed E-state index contributed by atoms with van der Waals surface area (Å²) < 4.78 is 0. The zero-order valence-corrected chi connectivity index (χ0v) is 12.5. The van der Waals surface area contributed by atoms with E-state index in [4.69, 9.17) is 0 Å². The fraction of sp³-hybridized carbons (Fsp3) is 0.600. The number of hydrogen-bond donors (Lipinski definition) is 1. The van der Waals surface area contributed by atoms with E-state index >= 15 is 0 Å². The average molecular weight is 280 g/mol. The molecule has 0 amide bonds. The molecule has 0 saturated heterocycles. The van der Waals surface area contributed by atoms with Crippen LogP contribution in [-0.2, 0) is 6.61 Å². The van der Waals surface area contributed by atoms with Gasteiger partial charge in [-0.2, -0.15) is 0 Å². The van der Waals surface area contributed by atoms with Crippen LogP contribution in [0.25, 0.3) is 0 Å². The lowest BCUT2D eigenvalue weighted by atomic mass is 10.1. The van der Waals surface area contributed by atoms with Gasteiger partial charge < -0.3 is 10.0 Å². The summed E-state index contributed by atoms with van der Waals surface area (Å²) in [5.74, 6) is 0. The van der Waals surface area contributed by atoms with Gasteiger partial charge in [0.25, 0.3) is 5.69 Å². The van der Waals surface area contributed by atoms with Gasteiger partial charge in [-0.25, -0.2) is 0 Å². The van der Waals surface area contributed by atoms with Crippen LogP contribution in [0.3, 0.4) is 0 Å². The molecular formula is C15H24N2O3. The van der Waals surface area contributed by atoms with Crippen LogP contribution in [0.4, 0.5) is 11.4 Å². The second kappa shape index (κ2) is 7.85. The van der Waals surface area contributed by atoms with Gasteiger partial charge in [0.1, 0.15) is 0 Å². The smallest absolute Gasteiger partial charge is 0.269 e. The summed E-state index contributed by atoms with van der Waals surface area (Å²) in [6.45, 7) is 7.05. The van der Waals surface area contributed by atoms with E-state index in [1.807, 2.05) is 0 Å². The number of aliphatic hydroxyl groups is 1. The maximum absolute atomic E-state index is 10.8. The van der Waals surface area contributed by atoms with E-state index < -0.39 is 4.92 Å². The van der Waals surface area contributed by atoms with Crippen molar-refractivity contribution >= 4 is 11.4 Å². The Hall–Kier alpha value is -1.62. The van der Waals surface area contributed by atoms with E-state index in [0.717, 1.165) is 31.5 Å². The predicted octanol–water partition coefficient (Wildman–Crippen LogP) is 3.49. The van der Waals surface area contributed by atoms with Crippen LogP contribution >= 0.6 is 0 Å². The summed E-state index contributed by atoms with van der Waals surface area (Å²) in [7, 11) is 0. The van der Waals surface area contributed by atoms with Crippen molar-refractivity contribution < 1.29 is 10.0 Å². The average Bonchev–Trinajstić information content (AvgIpc) is 2.42. The van der Waals surface area contributed by atoms with Crippen molar-refractivity contribution in [2.24, 2.45) is 0 Å². The molecule has 0 fully saturated rings. The van der Waals surface area contributed by atoms with Crippen molar-refractivity contribution in [1.82, 2.24) is 0 Å². The molecule has 0 aromatic heterocycles. The quantitative estimate of drug-likeness (QED) is 0.449. The van der Waals surface area contributed by atoms with Gasteiger partial charge in [0.2, 0.25) is 0 Å².